The lowest BCUT2D eigenvalue weighted by Crippen LogP contribution is -2.10. The highest BCUT2D eigenvalue weighted by molar-refractivity contribution is 5.90. The van der Waals surface area contributed by atoms with Crippen LogP contribution in [-0.4, -0.2) is 35.8 Å². The zero-order valence-electron chi connectivity index (χ0n) is 13.4. The second-order valence-electron chi connectivity index (χ2n) is 5.14. The molecule has 0 aliphatic heterocycles. The molecule has 24 heavy (non-hydrogen) atoms. The van der Waals surface area contributed by atoms with Crippen LogP contribution in [0.4, 0.5) is 11.6 Å². The number of carbonyl (C=O) groups is 1. The predicted molar refractivity (Wildman–Crippen MR) is 92.6 cm³/mol. The zero-order valence-corrected chi connectivity index (χ0v) is 13.4. The number of esters is 1. The Morgan fingerprint density at radius 3 is 2.67 bits per heavy atom. The summed E-state index contributed by atoms with van der Waals surface area (Å²) in [6, 6.07) is 14.9. The molecule has 0 aliphatic carbocycles. The number of hydrogen-bond acceptors (Lipinski definition) is 5. The Labute approximate surface area is 139 Å². The molecule has 6 heteroatoms. The topological polar surface area (TPSA) is 76.2 Å². The van der Waals surface area contributed by atoms with Crippen molar-refractivity contribution in [1.82, 2.24) is 9.97 Å². The van der Waals surface area contributed by atoms with Crippen LogP contribution in [0.2, 0.25) is 0 Å². The molecule has 2 aromatic carbocycles. The fraction of sp³-hybridized carbons (Fsp3) is 0.222. The van der Waals surface area contributed by atoms with Gasteiger partial charge in [0.15, 0.2) is 0 Å². The van der Waals surface area contributed by atoms with Gasteiger partial charge in [0.05, 0.1) is 23.2 Å². The Bertz CT molecular complexity index is 779. The number of fused-ring (bicyclic) bond motifs is 1. The lowest BCUT2D eigenvalue weighted by atomic mass is 10.2. The number of imidazole rings is 1. The van der Waals surface area contributed by atoms with E-state index in [1.807, 2.05) is 43.3 Å². The van der Waals surface area contributed by atoms with Crippen LogP contribution in [0, 0.1) is 0 Å². The minimum atomic E-state index is -0.356. The molecule has 0 radical (unpaired) electrons. The highest BCUT2D eigenvalue weighted by atomic mass is 16.6. The lowest BCUT2D eigenvalue weighted by Gasteiger charge is -2.06. The molecule has 124 valence electrons. The van der Waals surface area contributed by atoms with Crippen molar-refractivity contribution in [3.05, 3.63) is 54.1 Å². The number of nitrogens with zero attached hydrogens (tertiary/aromatic N) is 1. The van der Waals surface area contributed by atoms with Crippen LogP contribution in [-0.2, 0) is 9.47 Å². The van der Waals surface area contributed by atoms with Crippen molar-refractivity contribution >= 4 is 28.6 Å². The Morgan fingerprint density at radius 1 is 1.12 bits per heavy atom. The fourth-order valence-electron chi connectivity index (χ4n) is 2.26. The third-order valence-electron chi connectivity index (χ3n) is 3.44. The van der Waals surface area contributed by atoms with E-state index in [9.17, 15) is 4.79 Å². The van der Waals surface area contributed by atoms with E-state index in [1.54, 1.807) is 12.1 Å². The van der Waals surface area contributed by atoms with E-state index in [-0.39, 0.29) is 12.6 Å². The summed E-state index contributed by atoms with van der Waals surface area (Å²) in [6.07, 6.45) is 0. The van der Waals surface area contributed by atoms with Gasteiger partial charge in [0, 0.05) is 12.3 Å². The maximum Gasteiger partial charge on any atom is 0.338 e. The zero-order chi connectivity index (χ0) is 16.8. The van der Waals surface area contributed by atoms with Crippen molar-refractivity contribution in [3.63, 3.8) is 0 Å². The predicted octanol–water partition coefficient (Wildman–Crippen LogP) is 3.50. The van der Waals surface area contributed by atoms with E-state index in [1.165, 1.54) is 0 Å². The number of nitrogens with one attached hydrogen (secondary N) is 2. The second kappa shape index (κ2) is 7.61. The van der Waals surface area contributed by atoms with Crippen LogP contribution in [0.1, 0.15) is 17.3 Å². The lowest BCUT2D eigenvalue weighted by molar-refractivity contribution is 0.0335. The van der Waals surface area contributed by atoms with Gasteiger partial charge >= 0.3 is 5.97 Å². The first kappa shape index (κ1) is 16.0. The van der Waals surface area contributed by atoms with Gasteiger partial charge in [-0.2, -0.15) is 0 Å². The van der Waals surface area contributed by atoms with Crippen molar-refractivity contribution < 1.29 is 14.3 Å². The standard InChI is InChI=1S/C18H19N3O3/c1-2-23-11-12-24-17(22)13-7-9-14(10-8-13)19-18-20-15-5-3-4-6-16(15)21-18/h3-10H,2,11-12H2,1H3,(H2,19,20,21). The number of rotatable bonds is 7. The quantitative estimate of drug-likeness (QED) is 0.513. The average molecular weight is 325 g/mol. The van der Waals surface area contributed by atoms with E-state index in [0.717, 1.165) is 16.7 Å². The van der Waals surface area contributed by atoms with E-state index >= 15 is 0 Å². The van der Waals surface area contributed by atoms with Gasteiger partial charge in [0.25, 0.3) is 0 Å². The molecule has 0 amide bonds. The molecule has 0 saturated carbocycles. The molecule has 1 aromatic heterocycles. The van der Waals surface area contributed by atoms with Crippen LogP contribution >= 0.6 is 0 Å². The summed E-state index contributed by atoms with van der Waals surface area (Å²) in [7, 11) is 0. The Kier molecular flexibility index (Phi) is 5.08. The van der Waals surface area contributed by atoms with E-state index in [4.69, 9.17) is 9.47 Å². The number of carbonyl (C=O) groups excluding carboxylic acids is 1. The highest BCUT2D eigenvalue weighted by Gasteiger charge is 2.07. The maximum atomic E-state index is 11.9. The first-order chi connectivity index (χ1) is 11.8. The second-order valence-corrected chi connectivity index (χ2v) is 5.14. The number of H-pyrrole nitrogens is 1. The molecule has 0 aliphatic rings. The van der Waals surface area contributed by atoms with Crippen molar-refractivity contribution in [3.8, 4) is 0 Å². The molecule has 2 N–H and O–H groups in total. The number of hydrogen-bond donors (Lipinski definition) is 2. The molecule has 3 rings (SSSR count). The van der Waals surface area contributed by atoms with Gasteiger partial charge in [-0.1, -0.05) is 12.1 Å². The monoisotopic (exact) mass is 325 g/mol. The van der Waals surface area contributed by atoms with E-state index in [0.29, 0.717) is 24.7 Å². The molecule has 3 aromatic rings. The van der Waals surface area contributed by atoms with Gasteiger partial charge in [-0.3, -0.25) is 0 Å². The SMILES string of the molecule is CCOCCOC(=O)c1ccc(Nc2nc3ccccc3[nH]2)cc1. The molecule has 1 heterocycles. The summed E-state index contributed by atoms with van der Waals surface area (Å²) in [6.45, 7) is 3.18. The first-order valence-corrected chi connectivity index (χ1v) is 7.83. The van der Waals surface area contributed by atoms with Crippen molar-refractivity contribution in [2.24, 2.45) is 0 Å². The summed E-state index contributed by atoms with van der Waals surface area (Å²) in [5.41, 5.74) is 3.20. The Balaban J connectivity index is 1.60. The number of aromatic nitrogens is 2. The largest absolute Gasteiger partial charge is 0.460 e. The first-order valence-electron chi connectivity index (χ1n) is 7.83. The van der Waals surface area contributed by atoms with E-state index in [2.05, 4.69) is 15.3 Å². The van der Waals surface area contributed by atoms with Crippen LogP contribution < -0.4 is 5.32 Å². The van der Waals surface area contributed by atoms with Crippen molar-refractivity contribution in [1.29, 1.82) is 0 Å². The molecule has 6 nitrogen and oxygen atoms in total. The van der Waals surface area contributed by atoms with Gasteiger partial charge in [-0.05, 0) is 43.3 Å². The third-order valence-corrected chi connectivity index (χ3v) is 3.44. The number of ether oxygens (including phenoxy) is 2. The molecular formula is C18H19N3O3. The molecule has 0 bridgehead atoms. The normalized spacial score (nSPS) is 10.7. The minimum Gasteiger partial charge on any atom is -0.460 e. The molecular weight excluding hydrogens is 306 g/mol. The van der Waals surface area contributed by atoms with Gasteiger partial charge in [0.2, 0.25) is 5.95 Å². The molecule has 0 spiro atoms. The number of para-hydroxylation sites is 2. The van der Waals surface area contributed by atoms with Crippen LogP contribution in [0.5, 0.6) is 0 Å². The summed E-state index contributed by atoms with van der Waals surface area (Å²) in [5, 5.41) is 3.18. The minimum absolute atomic E-state index is 0.256. The highest BCUT2D eigenvalue weighted by Crippen LogP contribution is 2.18. The van der Waals surface area contributed by atoms with Crippen molar-refractivity contribution in [2.75, 3.05) is 25.1 Å². The van der Waals surface area contributed by atoms with Crippen molar-refractivity contribution in [2.45, 2.75) is 6.92 Å². The van der Waals surface area contributed by atoms with Gasteiger partial charge in [-0.15, -0.1) is 0 Å². The molecule has 0 fully saturated rings. The summed E-state index contributed by atoms with van der Waals surface area (Å²) in [5.74, 6) is 0.299. The smallest absolute Gasteiger partial charge is 0.338 e. The average Bonchev–Trinajstić information content (AvgIpc) is 3.01. The van der Waals surface area contributed by atoms with E-state index < -0.39 is 0 Å². The summed E-state index contributed by atoms with van der Waals surface area (Å²) >= 11 is 0. The number of anilines is 2. The van der Waals surface area contributed by atoms with Gasteiger partial charge in [-0.25, -0.2) is 9.78 Å². The number of benzene rings is 2. The van der Waals surface area contributed by atoms with Gasteiger partial charge in [0.1, 0.15) is 6.61 Å². The fourth-order valence-corrected chi connectivity index (χ4v) is 2.26. The van der Waals surface area contributed by atoms with Crippen LogP contribution in [0.15, 0.2) is 48.5 Å². The Hall–Kier alpha value is -2.86. The number of aromatic amines is 1. The van der Waals surface area contributed by atoms with Gasteiger partial charge < -0.3 is 19.8 Å². The molecule has 0 atom stereocenters. The Morgan fingerprint density at radius 2 is 1.92 bits per heavy atom. The summed E-state index contributed by atoms with van der Waals surface area (Å²) < 4.78 is 10.3. The van der Waals surface area contributed by atoms with Crippen LogP contribution in [0.25, 0.3) is 11.0 Å². The summed E-state index contributed by atoms with van der Waals surface area (Å²) in [4.78, 5) is 19.5. The molecule has 0 unspecified atom stereocenters. The third kappa shape index (κ3) is 3.91. The maximum absolute atomic E-state index is 11.9. The molecule has 0 saturated heterocycles. The van der Waals surface area contributed by atoms with Crippen LogP contribution in [0.3, 0.4) is 0 Å².